The summed E-state index contributed by atoms with van der Waals surface area (Å²) >= 11 is 0. The lowest BCUT2D eigenvalue weighted by atomic mass is 10.1. The highest BCUT2D eigenvalue weighted by Crippen LogP contribution is 2.10. The average molecular weight is 168 g/mol. The van der Waals surface area contributed by atoms with Gasteiger partial charge in [-0.3, -0.25) is 4.79 Å². The predicted molar refractivity (Wildman–Crippen MR) is 45.7 cm³/mol. The van der Waals surface area contributed by atoms with Crippen molar-refractivity contribution in [3.05, 3.63) is 34.2 Å². The molecule has 0 aliphatic rings. The molecular formula is C8H12N2O2. The van der Waals surface area contributed by atoms with Gasteiger partial charge in [0.25, 0.3) is 0 Å². The highest BCUT2D eigenvalue weighted by atomic mass is 16.3. The normalized spacial score (nSPS) is 15.6. The van der Waals surface area contributed by atoms with E-state index in [4.69, 9.17) is 10.8 Å². The summed E-state index contributed by atoms with van der Waals surface area (Å²) in [7, 11) is 0. The lowest BCUT2D eigenvalue weighted by molar-refractivity contribution is 0.164. The third-order valence-corrected chi connectivity index (χ3v) is 1.71. The zero-order chi connectivity index (χ0) is 9.14. The second kappa shape index (κ2) is 3.51. The maximum Gasteiger partial charge on any atom is 0.247 e. The van der Waals surface area contributed by atoms with Gasteiger partial charge in [-0.1, -0.05) is 6.07 Å². The average Bonchev–Trinajstić information content (AvgIpc) is 2.04. The first-order chi connectivity index (χ1) is 5.61. The smallest absolute Gasteiger partial charge is 0.247 e. The van der Waals surface area contributed by atoms with E-state index in [1.807, 2.05) is 0 Å². The Kier molecular flexibility index (Phi) is 2.62. The van der Waals surface area contributed by atoms with Gasteiger partial charge in [0, 0.05) is 12.3 Å². The fourth-order valence-electron chi connectivity index (χ4n) is 0.908. The minimum absolute atomic E-state index is 0.170. The Morgan fingerprint density at radius 2 is 2.25 bits per heavy atom. The van der Waals surface area contributed by atoms with Crippen LogP contribution >= 0.6 is 0 Å². The van der Waals surface area contributed by atoms with Gasteiger partial charge >= 0.3 is 0 Å². The molecule has 0 unspecified atom stereocenters. The number of pyridine rings is 1. The molecule has 0 aliphatic carbocycles. The minimum atomic E-state index is -0.615. The summed E-state index contributed by atoms with van der Waals surface area (Å²) in [5, 5.41) is 9.13. The fourth-order valence-corrected chi connectivity index (χ4v) is 0.908. The molecule has 0 saturated carbocycles. The van der Waals surface area contributed by atoms with Crippen LogP contribution in [-0.4, -0.2) is 16.2 Å². The number of aromatic amines is 1. The molecule has 2 atom stereocenters. The van der Waals surface area contributed by atoms with Crippen LogP contribution in [0.25, 0.3) is 0 Å². The van der Waals surface area contributed by atoms with Crippen LogP contribution in [-0.2, 0) is 0 Å². The first-order valence-electron chi connectivity index (χ1n) is 3.73. The van der Waals surface area contributed by atoms with Gasteiger partial charge in [0.1, 0.15) is 0 Å². The second-order valence-electron chi connectivity index (χ2n) is 2.75. The zero-order valence-corrected chi connectivity index (χ0v) is 6.82. The lowest BCUT2D eigenvalue weighted by Crippen LogP contribution is -2.24. The summed E-state index contributed by atoms with van der Waals surface area (Å²) in [5.74, 6) is 0. The van der Waals surface area contributed by atoms with Crippen LogP contribution in [0.2, 0.25) is 0 Å². The molecular weight excluding hydrogens is 156 g/mol. The molecule has 66 valence electrons. The van der Waals surface area contributed by atoms with Gasteiger partial charge in [-0.05, 0) is 12.5 Å². The standard InChI is InChI=1S/C8H12N2O2/c1-5(11)8(9)6-2-3-7(12)10-4-6/h2-5,8,11H,9H2,1H3,(H,10,12)/t5-,8+/m0/s1. The molecule has 0 aromatic carbocycles. The number of aromatic nitrogens is 1. The number of aliphatic hydroxyl groups is 1. The van der Waals surface area contributed by atoms with Crippen molar-refractivity contribution in [3.63, 3.8) is 0 Å². The molecule has 0 amide bonds. The Bertz CT molecular complexity index is 286. The number of hydrogen-bond donors (Lipinski definition) is 3. The van der Waals surface area contributed by atoms with E-state index in [-0.39, 0.29) is 5.56 Å². The van der Waals surface area contributed by atoms with E-state index >= 15 is 0 Å². The number of nitrogens with two attached hydrogens (primary N) is 1. The number of H-pyrrole nitrogens is 1. The van der Waals surface area contributed by atoms with Gasteiger partial charge in [0.05, 0.1) is 12.1 Å². The SMILES string of the molecule is C[C@H](O)[C@@H](N)c1ccc(=O)[nH]c1. The maximum atomic E-state index is 10.7. The fraction of sp³-hybridized carbons (Fsp3) is 0.375. The van der Waals surface area contributed by atoms with Crippen molar-refractivity contribution in [2.75, 3.05) is 0 Å². The topological polar surface area (TPSA) is 79.1 Å². The zero-order valence-electron chi connectivity index (χ0n) is 6.82. The monoisotopic (exact) mass is 168 g/mol. The molecule has 1 aromatic rings. The maximum absolute atomic E-state index is 10.7. The third kappa shape index (κ3) is 1.93. The minimum Gasteiger partial charge on any atom is -0.391 e. The molecule has 1 rings (SSSR count). The summed E-state index contributed by atoms with van der Waals surface area (Å²) in [5.41, 5.74) is 6.17. The van der Waals surface area contributed by atoms with Gasteiger partial charge in [-0.2, -0.15) is 0 Å². The van der Waals surface area contributed by atoms with Crippen LogP contribution in [0.3, 0.4) is 0 Å². The van der Waals surface area contributed by atoms with Crippen LogP contribution < -0.4 is 11.3 Å². The molecule has 1 heterocycles. The van der Waals surface area contributed by atoms with Crippen molar-refractivity contribution < 1.29 is 5.11 Å². The Morgan fingerprint density at radius 3 is 2.67 bits per heavy atom. The largest absolute Gasteiger partial charge is 0.391 e. The van der Waals surface area contributed by atoms with Gasteiger partial charge in [0.15, 0.2) is 0 Å². The first-order valence-corrected chi connectivity index (χ1v) is 3.73. The van der Waals surface area contributed by atoms with E-state index in [1.165, 1.54) is 12.3 Å². The van der Waals surface area contributed by atoms with Crippen LogP contribution in [0.1, 0.15) is 18.5 Å². The van der Waals surface area contributed by atoms with Crippen LogP contribution in [0, 0.1) is 0 Å². The second-order valence-corrected chi connectivity index (χ2v) is 2.75. The van der Waals surface area contributed by atoms with Gasteiger partial charge in [0.2, 0.25) is 5.56 Å². The number of rotatable bonds is 2. The molecule has 4 N–H and O–H groups in total. The molecule has 0 bridgehead atoms. The summed E-state index contributed by atoms with van der Waals surface area (Å²) < 4.78 is 0. The quantitative estimate of drug-likeness (QED) is 0.570. The summed E-state index contributed by atoms with van der Waals surface area (Å²) in [4.78, 5) is 13.1. The Labute approximate surface area is 70.0 Å². The number of hydrogen-bond acceptors (Lipinski definition) is 3. The van der Waals surface area contributed by atoms with E-state index in [0.29, 0.717) is 0 Å². The van der Waals surface area contributed by atoms with Gasteiger partial charge < -0.3 is 15.8 Å². The van der Waals surface area contributed by atoms with E-state index in [9.17, 15) is 4.79 Å². The van der Waals surface area contributed by atoms with Crippen molar-refractivity contribution in [1.29, 1.82) is 0 Å². The molecule has 0 fully saturated rings. The summed E-state index contributed by atoms with van der Waals surface area (Å²) in [6, 6.07) is 2.55. The van der Waals surface area contributed by atoms with Gasteiger partial charge in [-0.25, -0.2) is 0 Å². The van der Waals surface area contributed by atoms with Crippen molar-refractivity contribution in [2.45, 2.75) is 19.1 Å². The van der Waals surface area contributed by atoms with Crippen LogP contribution in [0.15, 0.2) is 23.1 Å². The predicted octanol–water partition coefficient (Wildman–Crippen LogP) is -0.245. The van der Waals surface area contributed by atoms with E-state index in [2.05, 4.69) is 4.98 Å². The number of aliphatic hydroxyl groups excluding tert-OH is 1. The lowest BCUT2D eigenvalue weighted by Gasteiger charge is -2.13. The van der Waals surface area contributed by atoms with E-state index in [1.54, 1.807) is 13.0 Å². The van der Waals surface area contributed by atoms with Crippen molar-refractivity contribution >= 4 is 0 Å². The highest BCUT2D eigenvalue weighted by molar-refractivity contribution is 5.14. The molecule has 0 saturated heterocycles. The molecule has 4 heteroatoms. The summed E-state index contributed by atoms with van der Waals surface area (Å²) in [6.45, 7) is 1.61. The van der Waals surface area contributed by atoms with E-state index < -0.39 is 12.1 Å². The molecule has 1 aromatic heterocycles. The van der Waals surface area contributed by atoms with Crippen molar-refractivity contribution in [1.82, 2.24) is 4.98 Å². The van der Waals surface area contributed by atoms with E-state index in [0.717, 1.165) is 5.56 Å². The molecule has 0 radical (unpaired) electrons. The summed E-state index contributed by atoms with van der Waals surface area (Å²) in [6.07, 6.45) is 0.899. The molecule has 4 nitrogen and oxygen atoms in total. The Balaban J connectivity index is 2.89. The van der Waals surface area contributed by atoms with Crippen molar-refractivity contribution in [2.24, 2.45) is 5.73 Å². The highest BCUT2D eigenvalue weighted by Gasteiger charge is 2.10. The Hall–Kier alpha value is -1.13. The van der Waals surface area contributed by atoms with Crippen molar-refractivity contribution in [3.8, 4) is 0 Å². The first kappa shape index (κ1) is 8.96. The van der Waals surface area contributed by atoms with Crippen LogP contribution in [0.4, 0.5) is 0 Å². The molecule has 0 spiro atoms. The molecule has 12 heavy (non-hydrogen) atoms. The van der Waals surface area contributed by atoms with Gasteiger partial charge in [-0.15, -0.1) is 0 Å². The Morgan fingerprint density at radius 1 is 1.58 bits per heavy atom. The number of nitrogens with one attached hydrogen (secondary N) is 1. The molecule has 0 aliphatic heterocycles. The van der Waals surface area contributed by atoms with Crippen LogP contribution in [0.5, 0.6) is 0 Å². The third-order valence-electron chi connectivity index (χ3n) is 1.71.